The van der Waals surface area contributed by atoms with Crippen LogP contribution in [0.25, 0.3) is 0 Å². The average molecular weight is 506 g/mol. The first-order valence-electron chi connectivity index (χ1n) is 10.1. The van der Waals surface area contributed by atoms with Crippen LogP contribution >= 0.6 is 11.6 Å². The summed E-state index contributed by atoms with van der Waals surface area (Å²) in [5.74, 6) is -1.39. The molecule has 0 unspecified atom stereocenters. The minimum absolute atomic E-state index is 0.0237. The summed E-state index contributed by atoms with van der Waals surface area (Å²) in [6.45, 7) is 2.25. The predicted molar refractivity (Wildman–Crippen MR) is 118 cm³/mol. The monoisotopic (exact) mass is 505 g/mol. The van der Waals surface area contributed by atoms with Crippen molar-refractivity contribution in [3.63, 3.8) is 0 Å². The van der Waals surface area contributed by atoms with Gasteiger partial charge in [0.1, 0.15) is 5.75 Å². The molecule has 180 valence electrons. The molecule has 1 saturated heterocycles. The molecule has 0 aromatic heterocycles. The molecular weight excluding hydrogens is 483 g/mol. The van der Waals surface area contributed by atoms with E-state index < -0.39 is 27.9 Å². The molecule has 0 aliphatic carbocycles. The van der Waals surface area contributed by atoms with E-state index >= 15 is 0 Å². The van der Waals surface area contributed by atoms with Gasteiger partial charge in [0.05, 0.1) is 10.6 Å². The summed E-state index contributed by atoms with van der Waals surface area (Å²) in [6, 6.07) is 7.70. The van der Waals surface area contributed by atoms with E-state index in [1.165, 1.54) is 37.3 Å². The highest BCUT2D eigenvalue weighted by Crippen LogP contribution is 2.30. The maximum atomic E-state index is 12.8. The highest BCUT2D eigenvalue weighted by atomic mass is 35.5. The SMILES string of the molecule is CCS(=O)(=O)c1ccc(Cl)cc1CNC(=O)c1cc(OC(F)(F)F)cc(N2CC[C@H](N)C2)c1. The number of carbonyl (C=O) groups excluding carboxylic acids is 1. The van der Waals surface area contributed by atoms with Crippen LogP contribution in [-0.4, -0.2) is 45.6 Å². The second kappa shape index (κ2) is 9.78. The molecule has 0 bridgehead atoms. The van der Waals surface area contributed by atoms with Gasteiger partial charge in [-0.1, -0.05) is 18.5 Å². The molecule has 1 aliphatic heterocycles. The van der Waals surface area contributed by atoms with Crippen LogP contribution in [0.3, 0.4) is 0 Å². The summed E-state index contributed by atoms with van der Waals surface area (Å²) < 4.78 is 67.2. The molecule has 1 amide bonds. The second-order valence-electron chi connectivity index (χ2n) is 7.60. The number of anilines is 1. The van der Waals surface area contributed by atoms with Gasteiger partial charge in [0.15, 0.2) is 9.84 Å². The zero-order valence-electron chi connectivity index (χ0n) is 17.7. The minimum Gasteiger partial charge on any atom is -0.406 e. The van der Waals surface area contributed by atoms with Crippen molar-refractivity contribution < 1.29 is 31.1 Å². The van der Waals surface area contributed by atoms with Crippen molar-refractivity contribution in [1.29, 1.82) is 0 Å². The average Bonchev–Trinajstić information content (AvgIpc) is 3.16. The van der Waals surface area contributed by atoms with Crippen LogP contribution in [0.1, 0.15) is 29.3 Å². The lowest BCUT2D eigenvalue weighted by molar-refractivity contribution is -0.274. The summed E-state index contributed by atoms with van der Waals surface area (Å²) >= 11 is 5.98. The Labute approximate surface area is 194 Å². The van der Waals surface area contributed by atoms with Crippen LogP contribution in [0.2, 0.25) is 5.02 Å². The quantitative estimate of drug-likeness (QED) is 0.597. The number of benzene rings is 2. The van der Waals surface area contributed by atoms with E-state index in [-0.39, 0.29) is 39.4 Å². The molecule has 0 saturated carbocycles. The third-order valence-corrected chi connectivity index (χ3v) is 7.22. The largest absolute Gasteiger partial charge is 0.573 e. The van der Waals surface area contributed by atoms with Crippen molar-refractivity contribution in [1.82, 2.24) is 5.32 Å². The van der Waals surface area contributed by atoms with Gasteiger partial charge in [0.2, 0.25) is 0 Å². The molecule has 3 rings (SSSR count). The van der Waals surface area contributed by atoms with Crippen molar-refractivity contribution in [2.45, 2.75) is 37.2 Å². The van der Waals surface area contributed by atoms with Crippen LogP contribution in [0, 0.1) is 0 Å². The van der Waals surface area contributed by atoms with E-state index in [0.717, 1.165) is 6.07 Å². The zero-order valence-corrected chi connectivity index (χ0v) is 19.2. The molecule has 1 aliphatic rings. The second-order valence-corrected chi connectivity index (χ2v) is 10.3. The number of hydrogen-bond donors (Lipinski definition) is 2. The molecule has 12 heteroatoms. The number of halogens is 4. The molecule has 2 aromatic carbocycles. The number of ether oxygens (including phenoxy) is 1. The van der Waals surface area contributed by atoms with Gasteiger partial charge in [-0.05, 0) is 42.3 Å². The zero-order chi connectivity index (χ0) is 24.4. The molecule has 3 N–H and O–H groups in total. The Kier molecular flexibility index (Phi) is 7.45. The van der Waals surface area contributed by atoms with Crippen molar-refractivity contribution in [2.24, 2.45) is 5.73 Å². The van der Waals surface area contributed by atoms with Gasteiger partial charge in [-0.2, -0.15) is 0 Å². The Bertz CT molecular complexity index is 1140. The third kappa shape index (κ3) is 6.52. The molecule has 0 spiro atoms. The van der Waals surface area contributed by atoms with Crippen LogP contribution < -0.4 is 20.7 Å². The molecule has 2 aromatic rings. The van der Waals surface area contributed by atoms with Gasteiger partial charge in [-0.3, -0.25) is 4.79 Å². The smallest absolute Gasteiger partial charge is 0.406 e. The third-order valence-electron chi connectivity index (χ3n) is 5.15. The molecule has 1 atom stereocenters. The van der Waals surface area contributed by atoms with Crippen molar-refractivity contribution in [3.8, 4) is 5.75 Å². The first-order valence-corrected chi connectivity index (χ1v) is 12.1. The summed E-state index contributed by atoms with van der Waals surface area (Å²) in [7, 11) is -3.58. The Morgan fingerprint density at radius 3 is 2.61 bits per heavy atom. The molecular formula is C21H23ClF3N3O4S. The number of hydrogen-bond acceptors (Lipinski definition) is 6. The van der Waals surface area contributed by atoms with Crippen molar-refractivity contribution in [2.75, 3.05) is 23.7 Å². The Balaban J connectivity index is 1.88. The first-order chi connectivity index (χ1) is 15.4. The van der Waals surface area contributed by atoms with Gasteiger partial charge in [0.25, 0.3) is 5.91 Å². The van der Waals surface area contributed by atoms with E-state index in [2.05, 4.69) is 10.1 Å². The molecule has 1 fully saturated rings. The normalized spacial score (nSPS) is 16.7. The maximum absolute atomic E-state index is 12.8. The number of carbonyl (C=O) groups is 1. The van der Waals surface area contributed by atoms with Crippen LogP contribution in [0.5, 0.6) is 5.75 Å². The molecule has 1 heterocycles. The highest BCUT2D eigenvalue weighted by molar-refractivity contribution is 7.91. The topological polar surface area (TPSA) is 102 Å². The molecule has 33 heavy (non-hydrogen) atoms. The van der Waals surface area contributed by atoms with E-state index in [1.807, 2.05) is 0 Å². The fraction of sp³-hybridized carbons (Fsp3) is 0.381. The first kappa shape index (κ1) is 25.1. The van der Waals surface area contributed by atoms with E-state index in [1.54, 1.807) is 4.90 Å². The van der Waals surface area contributed by atoms with E-state index in [0.29, 0.717) is 25.2 Å². The number of nitrogens with two attached hydrogens (primary N) is 1. The van der Waals surface area contributed by atoms with Crippen LogP contribution in [0.15, 0.2) is 41.3 Å². The minimum atomic E-state index is -4.93. The summed E-state index contributed by atoms with van der Waals surface area (Å²) in [5, 5.41) is 2.83. The lowest BCUT2D eigenvalue weighted by Crippen LogP contribution is -2.28. The standard InChI is InChI=1S/C21H23ClF3N3O4S/c1-2-33(30,31)19-4-3-15(22)7-14(19)11-27-20(29)13-8-17(28-6-5-16(26)12-28)10-18(9-13)32-21(23,24)25/h3-4,7-10,16H,2,5-6,11-12,26H2,1H3,(H,27,29)/t16-/m0/s1. The highest BCUT2D eigenvalue weighted by Gasteiger charge is 2.32. The van der Waals surface area contributed by atoms with Crippen molar-refractivity contribution in [3.05, 3.63) is 52.5 Å². The Hall–Kier alpha value is -2.50. The number of nitrogens with zero attached hydrogens (tertiary/aromatic N) is 1. The Morgan fingerprint density at radius 2 is 2.00 bits per heavy atom. The summed E-state index contributed by atoms with van der Waals surface area (Å²) in [4.78, 5) is 14.6. The van der Waals surface area contributed by atoms with Gasteiger partial charge in [-0.15, -0.1) is 13.2 Å². The summed E-state index contributed by atoms with van der Waals surface area (Å²) in [6.07, 6.45) is -4.27. The van der Waals surface area contributed by atoms with Gasteiger partial charge in [0, 0.05) is 48.0 Å². The molecule has 0 radical (unpaired) electrons. The van der Waals surface area contributed by atoms with Crippen LogP contribution in [-0.2, 0) is 16.4 Å². The number of nitrogens with one attached hydrogen (secondary N) is 1. The van der Waals surface area contributed by atoms with Crippen LogP contribution in [0.4, 0.5) is 18.9 Å². The summed E-state index contributed by atoms with van der Waals surface area (Å²) in [5.41, 5.74) is 6.46. The Morgan fingerprint density at radius 1 is 1.27 bits per heavy atom. The van der Waals surface area contributed by atoms with Gasteiger partial charge in [-0.25, -0.2) is 8.42 Å². The number of alkyl halides is 3. The van der Waals surface area contributed by atoms with E-state index in [4.69, 9.17) is 17.3 Å². The van der Waals surface area contributed by atoms with Crippen molar-refractivity contribution >= 4 is 33.0 Å². The number of rotatable bonds is 7. The predicted octanol–water partition coefficient (Wildman–Crippen LogP) is 3.50. The maximum Gasteiger partial charge on any atom is 0.573 e. The molecule has 7 nitrogen and oxygen atoms in total. The fourth-order valence-corrected chi connectivity index (χ4v) is 4.85. The number of sulfone groups is 1. The van der Waals surface area contributed by atoms with Gasteiger partial charge < -0.3 is 20.7 Å². The fourth-order valence-electron chi connectivity index (χ4n) is 3.53. The van der Waals surface area contributed by atoms with E-state index in [9.17, 15) is 26.4 Å². The lowest BCUT2D eigenvalue weighted by Gasteiger charge is -2.21. The number of amides is 1. The lowest BCUT2D eigenvalue weighted by atomic mass is 10.1. The van der Waals surface area contributed by atoms with Gasteiger partial charge >= 0.3 is 6.36 Å².